The zero-order valence-corrected chi connectivity index (χ0v) is 8.46. The van der Waals surface area contributed by atoms with Gasteiger partial charge in [-0.2, -0.15) is 5.10 Å². The molecule has 1 aromatic carbocycles. The minimum absolute atomic E-state index is 0.511. The van der Waals surface area contributed by atoms with E-state index < -0.39 is 0 Å². The fourth-order valence-corrected chi connectivity index (χ4v) is 2.04. The Bertz CT molecular complexity index is 456. The van der Waals surface area contributed by atoms with Crippen molar-refractivity contribution in [2.24, 2.45) is 0 Å². The van der Waals surface area contributed by atoms with Crippen LogP contribution < -0.4 is 10.6 Å². The first-order valence-corrected chi connectivity index (χ1v) is 5.34. The molecular weight excluding hydrogens is 188 g/mol. The van der Waals surface area contributed by atoms with Crippen molar-refractivity contribution in [3.8, 4) is 0 Å². The lowest BCUT2D eigenvalue weighted by Crippen LogP contribution is -2.22. The van der Waals surface area contributed by atoms with Gasteiger partial charge in [0.1, 0.15) is 0 Å². The molecule has 1 fully saturated rings. The van der Waals surface area contributed by atoms with Crippen molar-refractivity contribution in [3.63, 3.8) is 0 Å². The van der Waals surface area contributed by atoms with Gasteiger partial charge in [0.25, 0.3) is 0 Å². The van der Waals surface area contributed by atoms with Gasteiger partial charge in [0, 0.05) is 18.0 Å². The Kier molecular flexibility index (Phi) is 2.07. The van der Waals surface area contributed by atoms with Crippen LogP contribution in [-0.4, -0.2) is 29.3 Å². The van der Waals surface area contributed by atoms with E-state index in [0.717, 1.165) is 24.4 Å². The first kappa shape index (κ1) is 8.73. The molecular formula is C11H14N4. The summed E-state index contributed by atoms with van der Waals surface area (Å²) in [6, 6.07) is 8.69. The van der Waals surface area contributed by atoms with E-state index in [4.69, 9.17) is 0 Å². The smallest absolute Gasteiger partial charge is 0.155 e. The summed E-state index contributed by atoms with van der Waals surface area (Å²) in [7, 11) is 0. The fraction of sp³-hybridized carbons (Fsp3) is 0.364. The van der Waals surface area contributed by atoms with Crippen molar-refractivity contribution < 1.29 is 0 Å². The molecule has 1 aliphatic rings. The van der Waals surface area contributed by atoms with Gasteiger partial charge >= 0.3 is 0 Å². The zero-order chi connectivity index (χ0) is 10.1. The monoisotopic (exact) mass is 202 g/mol. The first-order chi connectivity index (χ1) is 7.43. The predicted molar refractivity (Wildman–Crippen MR) is 61.0 cm³/mol. The number of rotatable bonds is 2. The Morgan fingerprint density at radius 1 is 1.33 bits per heavy atom. The van der Waals surface area contributed by atoms with Crippen molar-refractivity contribution in [3.05, 3.63) is 24.3 Å². The molecule has 0 saturated carbocycles. The number of nitrogens with one attached hydrogen (secondary N) is 3. The molecule has 1 unspecified atom stereocenters. The number of nitrogens with zero attached hydrogens (tertiary/aromatic N) is 1. The maximum absolute atomic E-state index is 4.29. The maximum atomic E-state index is 4.29. The highest BCUT2D eigenvalue weighted by atomic mass is 15.2. The predicted octanol–water partition coefficient (Wildman–Crippen LogP) is 1.34. The SMILES string of the molecule is c1ccc2c(NC3CCNC3)n[nH]c2c1. The van der Waals surface area contributed by atoms with E-state index >= 15 is 0 Å². The standard InChI is InChI=1S/C11H14N4/c1-2-4-10-9(3-1)11(15-14-10)13-8-5-6-12-7-8/h1-4,8,12H,5-7H2,(H2,13,14,15). The van der Waals surface area contributed by atoms with Crippen LogP contribution in [0.5, 0.6) is 0 Å². The van der Waals surface area contributed by atoms with E-state index in [-0.39, 0.29) is 0 Å². The number of hydrogen-bond donors (Lipinski definition) is 3. The third kappa shape index (κ3) is 1.57. The molecule has 2 aromatic rings. The summed E-state index contributed by atoms with van der Waals surface area (Å²) in [6.07, 6.45) is 1.17. The van der Waals surface area contributed by atoms with Crippen LogP contribution in [0.1, 0.15) is 6.42 Å². The van der Waals surface area contributed by atoms with Gasteiger partial charge in [-0.1, -0.05) is 12.1 Å². The number of aromatic nitrogens is 2. The van der Waals surface area contributed by atoms with Gasteiger partial charge in [-0.3, -0.25) is 5.10 Å². The number of benzene rings is 1. The lowest BCUT2D eigenvalue weighted by molar-refractivity contribution is 0.787. The van der Waals surface area contributed by atoms with Crippen molar-refractivity contribution in [1.29, 1.82) is 0 Å². The minimum atomic E-state index is 0.511. The Balaban J connectivity index is 1.90. The molecule has 4 nitrogen and oxygen atoms in total. The first-order valence-electron chi connectivity index (χ1n) is 5.34. The third-order valence-corrected chi connectivity index (χ3v) is 2.87. The molecule has 1 saturated heterocycles. The van der Waals surface area contributed by atoms with Crippen molar-refractivity contribution >= 4 is 16.7 Å². The van der Waals surface area contributed by atoms with Gasteiger partial charge in [-0.15, -0.1) is 0 Å². The zero-order valence-electron chi connectivity index (χ0n) is 8.46. The average Bonchev–Trinajstić information content (AvgIpc) is 2.89. The Labute approximate surface area is 88.1 Å². The van der Waals surface area contributed by atoms with E-state index in [1.165, 1.54) is 11.8 Å². The fourth-order valence-electron chi connectivity index (χ4n) is 2.04. The number of hydrogen-bond acceptors (Lipinski definition) is 3. The molecule has 1 aliphatic heterocycles. The number of para-hydroxylation sites is 1. The number of H-pyrrole nitrogens is 1. The van der Waals surface area contributed by atoms with Crippen LogP contribution in [-0.2, 0) is 0 Å². The highest BCUT2D eigenvalue weighted by Gasteiger charge is 2.15. The molecule has 15 heavy (non-hydrogen) atoms. The minimum Gasteiger partial charge on any atom is -0.364 e. The van der Waals surface area contributed by atoms with Crippen LogP contribution in [0.3, 0.4) is 0 Å². The van der Waals surface area contributed by atoms with Gasteiger partial charge in [0.15, 0.2) is 5.82 Å². The second kappa shape index (κ2) is 3.55. The summed E-state index contributed by atoms with van der Waals surface area (Å²) in [6.45, 7) is 2.13. The molecule has 3 N–H and O–H groups in total. The van der Waals surface area contributed by atoms with E-state index in [1.807, 2.05) is 18.2 Å². The van der Waals surface area contributed by atoms with Crippen LogP contribution in [0, 0.1) is 0 Å². The summed E-state index contributed by atoms with van der Waals surface area (Å²) in [5, 5.41) is 15.3. The summed E-state index contributed by atoms with van der Waals surface area (Å²) >= 11 is 0. The summed E-state index contributed by atoms with van der Waals surface area (Å²) in [4.78, 5) is 0. The molecule has 0 bridgehead atoms. The van der Waals surface area contributed by atoms with Crippen LogP contribution in [0.25, 0.3) is 10.9 Å². The molecule has 0 radical (unpaired) electrons. The maximum Gasteiger partial charge on any atom is 0.155 e. The van der Waals surface area contributed by atoms with E-state index in [9.17, 15) is 0 Å². The average molecular weight is 202 g/mol. The molecule has 3 rings (SSSR count). The number of anilines is 1. The van der Waals surface area contributed by atoms with Crippen molar-refractivity contribution in [1.82, 2.24) is 15.5 Å². The van der Waals surface area contributed by atoms with Crippen LogP contribution in [0.4, 0.5) is 5.82 Å². The third-order valence-electron chi connectivity index (χ3n) is 2.87. The van der Waals surface area contributed by atoms with E-state index in [2.05, 4.69) is 26.9 Å². The van der Waals surface area contributed by atoms with Crippen LogP contribution in [0.2, 0.25) is 0 Å². The molecule has 0 aliphatic carbocycles. The summed E-state index contributed by atoms with van der Waals surface area (Å²) < 4.78 is 0. The van der Waals surface area contributed by atoms with Crippen molar-refractivity contribution in [2.75, 3.05) is 18.4 Å². The highest BCUT2D eigenvalue weighted by Crippen LogP contribution is 2.20. The number of aromatic amines is 1. The lowest BCUT2D eigenvalue weighted by atomic mass is 10.2. The summed E-state index contributed by atoms with van der Waals surface area (Å²) in [5.41, 5.74) is 1.09. The van der Waals surface area contributed by atoms with Gasteiger partial charge in [0.2, 0.25) is 0 Å². The normalized spacial score (nSPS) is 20.9. The molecule has 1 aromatic heterocycles. The molecule has 78 valence electrons. The second-order valence-electron chi connectivity index (χ2n) is 3.95. The van der Waals surface area contributed by atoms with Gasteiger partial charge in [0.05, 0.1) is 5.52 Å². The van der Waals surface area contributed by atoms with E-state index in [1.54, 1.807) is 0 Å². The molecule has 2 heterocycles. The quantitative estimate of drug-likeness (QED) is 0.688. The molecule has 1 atom stereocenters. The molecule has 0 spiro atoms. The molecule has 0 amide bonds. The van der Waals surface area contributed by atoms with E-state index in [0.29, 0.717) is 6.04 Å². The van der Waals surface area contributed by atoms with Crippen LogP contribution >= 0.6 is 0 Å². The Hall–Kier alpha value is -1.55. The van der Waals surface area contributed by atoms with Crippen molar-refractivity contribution in [2.45, 2.75) is 12.5 Å². The van der Waals surface area contributed by atoms with Gasteiger partial charge in [-0.05, 0) is 25.1 Å². The number of fused-ring (bicyclic) bond motifs is 1. The largest absolute Gasteiger partial charge is 0.364 e. The Morgan fingerprint density at radius 2 is 2.27 bits per heavy atom. The lowest BCUT2D eigenvalue weighted by Gasteiger charge is -2.09. The highest BCUT2D eigenvalue weighted by molar-refractivity contribution is 5.89. The van der Waals surface area contributed by atoms with Crippen LogP contribution in [0.15, 0.2) is 24.3 Å². The van der Waals surface area contributed by atoms with Gasteiger partial charge in [-0.25, -0.2) is 0 Å². The topological polar surface area (TPSA) is 52.7 Å². The Morgan fingerprint density at radius 3 is 3.13 bits per heavy atom. The second-order valence-corrected chi connectivity index (χ2v) is 3.95. The molecule has 4 heteroatoms. The van der Waals surface area contributed by atoms with Gasteiger partial charge < -0.3 is 10.6 Å². The summed E-state index contributed by atoms with van der Waals surface area (Å²) in [5.74, 6) is 0.972.